The minimum atomic E-state index is -0.513. The van der Waals surface area contributed by atoms with E-state index in [2.05, 4.69) is 10.6 Å². The van der Waals surface area contributed by atoms with Crippen molar-refractivity contribution in [1.82, 2.24) is 5.32 Å². The van der Waals surface area contributed by atoms with Gasteiger partial charge in [-0.15, -0.1) is 0 Å². The van der Waals surface area contributed by atoms with Gasteiger partial charge in [0.25, 0.3) is 11.6 Å². The molecule has 2 N–H and O–H groups in total. The molecule has 8 heteroatoms. The van der Waals surface area contributed by atoms with Crippen molar-refractivity contribution in [1.29, 1.82) is 0 Å². The van der Waals surface area contributed by atoms with E-state index >= 15 is 0 Å². The fourth-order valence-electron chi connectivity index (χ4n) is 2.55. The Morgan fingerprint density at radius 1 is 1.12 bits per heavy atom. The third kappa shape index (κ3) is 3.92. The van der Waals surface area contributed by atoms with Crippen LogP contribution >= 0.6 is 0 Å². The van der Waals surface area contributed by atoms with Crippen LogP contribution in [0, 0.1) is 10.1 Å². The molecule has 1 saturated heterocycles. The normalized spacial score (nSPS) is 13.9. The number of anilines is 2. The van der Waals surface area contributed by atoms with Crippen LogP contribution in [0.2, 0.25) is 0 Å². The maximum absolute atomic E-state index is 12.2. The lowest BCUT2D eigenvalue weighted by Gasteiger charge is -2.28. The van der Waals surface area contributed by atoms with E-state index < -0.39 is 4.92 Å². The average Bonchev–Trinajstić information content (AvgIpc) is 2.62. The number of non-ortho nitro benzene ring substituents is 1. The molecule has 0 spiro atoms. The van der Waals surface area contributed by atoms with E-state index in [0.29, 0.717) is 24.3 Å². The maximum atomic E-state index is 12.2. The van der Waals surface area contributed by atoms with E-state index in [1.54, 1.807) is 12.1 Å². The minimum Gasteiger partial charge on any atom is -0.360 e. The summed E-state index contributed by atoms with van der Waals surface area (Å²) in [7, 11) is 0. The Morgan fingerprint density at radius 2 is 1.80 bits per heavy atom. The number of benzene rings is 2. The number of piperazine rings is 1. The van der Waals surface area contributed by atoms with Gasteiger partial charge >= 0.3 is 0 Å². The van der Waals surface area contributed by atoms with Crippen LogP contribution in [-0.4, -0.2) is 36.4 Å². The first-order chi connectivity index (χ1) is 12.0. The lowest BCUT2D eigenvalue weighted by Crippen LogP contribution is -2.47. The number of nitro benzene ring substituents is 1. The van der Waals surface area contributed by atoms with Crippen LogP contribution in [0.5, 0.6) is 0 Å². The molecule has 0 saturated carbocycles. The quantitative estimate of drug-likeness (QED) is 0.652. The molecule has 8 nitrogen and oxygen atoms in total. The van der Waals surface area contributed by atoms with E-state index in [4.69, 9.17) is 0 Å². The Bertz CT molecular complexity index is 802. The summed E-state index contributed by atoms with van der Waals surface area (Å²) in [4.78, 5) is 35.7. The van der Waals surface area contributed by atoms with Crippen molar-refractivity contribution in [2.45, 2.75) is 0 Å². The van der Waals surface area contributed by atoms with Crippen LogP contribution < -0.4 is 15.5 Å². The molecule has 0 radical (unpaired) electrons. The van der Waals surface area contributed by atoms with E-state index in [1.807, 2.05) is 17.0 Å². The number of nitrogens with zero attached hydrogens (tertiary/aromatic N) is 2. The summed E-state index contributed by atoms with van der Waals surface area (Å²) in [6, 6.07) is 12.6. The molecule has 0 bridgehead atoms. The highest BCUT2D eigenvalue weighted by molar-refractivity contribution is 6.04. The number of amides is 2. The van der Waals surface area contributed by atoms with E-state index in [-0.39, 0.29) is 17.5 Å². The largest absolute Gasteiger partial charge is 0.360 e. The fourth-order valence-corrected chi connectivity index (χ4v) is 2.55. The Balaban J connectivity index is 1.65. The van der Waals surface area contributed by atoms with Crippen molar-refractivity contribution in [3.05, 3.63) is 64.2 Å². The van der Waals surface area contributed by atoms with Gasteiger partial charge in [0.15, 0.2) is 0 Å². The minimum absolute atomic E-state index is 0.0122. The summed E-state index contributed by atoms with van der Waals surface area (Å²) >= 11 is 0. The van der Waals surface area contributed by atoms with Crippen molar-refractivity contribution in [3.8, 4) is 0 Å². The summed E-state index contributed by atoms with van der Waals surface area (Å²) in [5.41, 5.74) is 1.78. The third-order valence-corrected chi connectivity index (χ3v) is 3.87. The molecule has 1 heterocycles. The Morgan fingerprint density at radius 3 is 2.40 bits per heavy atom. The first-order valence-electron chi connectivity index (χ1n) is 7.70. The number of carbonyl (C=O) groups excluding carboxylic acids is 2. The van der Waals surface area contributed by atoms with Crippen molar-refractivity contribution in [2.24, 2.45) is 0 Å². The standard InChI is InChI=1S/C17H16N4O4/c22-16-11-20(10-9-18-16)14-7-3-13(4-8-14)19-17(23)12-1-5-15(6-2-12)21(24)25/h1-8H,9-11H2,(H,18,22)(H,19,23). The first-order valence-corrected chi connectivity index (χ1v) is 7.70. The second-order valence-corrected chi connectivity index (χ2v) is 5.58. The monoisotopic (exact) mass is 340 g/mol. The SMILES string of the molecule is O=C1CN(c2ccc(NC(=O)c3ccc([N+](=O)[O-])cc3)cc2)CCN1. The molecule has 3 rings (SSSR count). The van der Waals surface area contributed by atoms with Crippen LogP contribution in [0.3, 0.4) is 0 Å². The highest BCUT2D eigenvalue weighted by Crippen LogP contribution is 2.19. The molecular formula is C17H16N4O4. The summed E-state index contributed by atoms with van der Waals surface area (Å²) < 4.78 is 0. The molecule has 25 heavy (non-hydrogen) atoms. The summed E-state index contributed by atoms with van der Waals surface area (Å²) in [5, 5.41) is 16.1. The van der Waals surface area contributed by atoms with Gasteiger partial charge in [-0.05, 0) is 36.4 Å². The van der Waals surface area contributed by atoms with E-state index in [0.717, 1.165) is 12.2 Å². The van der Waals surface area contributed by atoms with Gasteiger partial charge < -0.3 is 15.5 Å². The van der Waals surface area contributed by atoms with Crippen LogP contribution in [0.1, 0.15) is 10.4 Å². The fraction of sp³-hybridized carbons (Fsp3) is 0.176. The molecule has 2 amide bonds. The topological polar surface area (TPSA) is 105 Å². The predicted molar refractivity (Wildman–Crippen MR) is 92.7 cm³/mol. The summed E-state index contributed by atoms with van der Waals surface area (Å²) in [5.74, 6) is -0.359. The molecule has 0 atom stereocenters. The Labute approximate surface area is 143 Å². The molecule has 0 unspecified atom stereocenters. The highest BCUT2D eigenvalue weighted by atomic mass is 16.6. The number of carbonyl (C=O) groups is 2. The van der Waals surface area contributed by atoms with Crippen LogP contribution in [-0.2, 0) is 4.79 Å². The second kappa shape index (κ2) is 7.00. The zero-order valence-corrected chi connectivity index (χ0v) is 13.3. The second-order valence-electron chi connectivity index (χ2n) is 5.58. The summed E-state index contributed by atoms with van der Waals surface area (Å²) in [6.45, 7) is 1.66. The molecule has 0 aromatic heterocycles. The molecule has 2 aromatic rings. The zero-order chi connectivity index (χ0) is 17.8. The van der Waals surface area contributed by atoms with Crippen LogP contribution in [0.4, 0.5) is 17.1 Å². The van der Waals surface area contributed by atoms with Crippen molar-refractivity contribution in [2.75, 3.05) is 29.9 Å². The molecule has 128 valence electrons. The molecule has 1 fully saturated rings. The van der Waals surface area contributed by atoms with Gasteiger partial charge in [0.05, 0.1) is 11.5 Å². The molecule has 1 aliphatic rings. The van der Waals surface area contributed by atoms with Gasteiger partial charge in [-0.2, -0.15) is 0 Å². The van der Waals surface area contributed by atoms with Crippen molar-refractivity contribution >= 4 is 28.9 Å². The Hall–Kier alpha value is -3.42. The van der Waals surface area contributed by atoms with E-state index in [9.17, 15) is 19.7 Å². The lowest BCUT2D eigenvalue weighted by molar-refractivity contribution is -0.384. The Kier molecular flexibility index (Phi) is 4.60. The van der Waals surface area contributed by atoms with Gasteiger partial charge in [-0.3, -0.25) is 19.7 Å². The first kappa shape index (κ1) is 16.4. The number of rotatable bonds is 4. The van der Waals surface area contributed by atoms with Crippen molar-refractivity contribution in [3.63, 3.8) is 0 Å². The number of hydrogen-bond donors (Lipinski definition) is 2. The number of nitrogens with one attached hydrogen (secondary N) is 2. The number of hydrogen-bond acceptors (Lipinski definition) is 5. The molecule has 1 aliphatic heterocycles. The molecule has 2 aromatic carbocycles. The van der Waals surface area contributed by atoms with E-state index in [1.165, 1.54) is 24.3 Å². The maximum Gasteiger partial charge on any atom is 0.269 e. The third-order valence-electron chi connectivity index (χ3n) is 3.87. The molecule has 0 aliphatic carbocycles. The zero-order valence-electron chi connectivity index (χ0n) is 13.3. The van der Waals surface area contributed by atoms with Crippen LogP contribution in [0.25, 0.3) is 0 Å². The summed E-state index contributed by atoms with van der Waals surface area (Å²) in [6.07, 6.45) is 0. The lowest BCUT2D eigenvalue weighted by atomic mass is 10.2. The number of nitro groups is 1. The smallest absolute Gasteiger partial charge is 0.269 e. The predicted octanol–water partition coefficient (Wildman–Crippen LogP) is 1.78. The van der Waals surface area contributed by atoms with Gasteiger partial charge in [0, 0.05) is 42.2 Å². The molecular weight excluding hydrogens is 324 g/mol. The van der Waals surface area contributed by atoms with Gasteiger partial charge in [0.1, 0.15) is 0 Å². The van der Waals surface area contributed by atoms with Crippen molar-refractivity contribution < 1.29 is 14.5 Å². The van der Waals surface area contributed by atoms with Gasteiger partial charge in [-0.25, -0.2) is 0 Å². The highest BCUT2D eigenvalue weighted by Gasteiger charge is 2.16. The average molecular weight is 340 g/mol. The van der Waals surface area contributed by atoms with Gasteiger partial charge in [0.2, 0.25) is 5.91 Å². The van der Waals surface area contributed by atoms with Crippen LogP contribution in [0.15, 0.2) is 48.5 Å². The van der Waals surface area contributed by atoms with Gasteiger partial charge in [-0.1, -0.05) is 0 Å².